The molecule has 23 heavy (non-hydrogen) atoms. The van der Waals surface area contributed by atoms with Crippen molar-refractivity contribution < 1.29 is 14.3 Å². The monoisotopic (exact) mass is 311 g/mol. The number of carbonyl (C=O) groups is 1. The molecular formula is C17H17N3O3. The lowest BCUT2D eigenvalue weighted by Gasteiger charge is -2.11. The molecule has 1 N–H and O–H groups in total. The topological polar surface area (TPSA) is 65.4 Å². The van der Waals surface area contributed by atoms with Gasteiger partial charge in [-0.3, -0.25) is 0 Å². The van der Waals surface area contributed by atoms with Crippen molar-refractivity contribution in [3.63, 3.8) is 0 Å². The molecule has 0 unspecified atom stereocenters. The van der Waals surface area contributed by atoms with Gasteiger partial charge >= 0.3 is 6.03 Å². The predicted molar refractivity (Wildman–Crippen MR) is 88.4 cm³/mol. The van der Waals surface area contributed by atoms with Gasteiger partial charge in [0.05, 0.1) is 31.1 Å². The van der Waals surface area contributed by atoms with Crippen LogP contribution in [0, 0.1) is 6.92 Å². The van der Waals surface area contributed by atoms with Crippen molar-refractivity contribution in [3.05, 3.63) is 48.2 Å². The van der Waals surface area contributed by atoms with Gasteiger partial charge in [0.2, 0.25) is 0 Å². The summed E-state index contributed by atoms with van der Waals surface area (Å²) in [4.78, 5) is 12.6. The molecule has 0 aliphatic rings. The Morgan fingerprint density at radius 1 is 1.13 bits per heavy atom. The summed E-state index contributed by atoms with van der Waals surface area (Å²) in [6.45, 7) is 1.87. The molecular weight excluding hydrogens is 294 g/mol. The van der Waals surface area contributed by atoms with Crippen LogP contribution < -0.4 is 14.8 Å². The number of fused-ring (bicyclic) bond motifs is 1. The van der Waals surface area contributed by atoms with Gasteiger partial charge < -0.3 is 14.8 Å². The number of anilines is 1. The van der Waals surface area contributed by atoms with E-state index in [0.29, 0.717) is 17.2 Å². The quantitative estimate of drug-likeness (QED) is 0.804. The molecule has 6 nitrogen and oxygen atoms in total. The molecule has 0 atom stereocenters. The van der Waals surface area contributed by atoms with E-state index in [2.05, 4.69) is 10.4 Å². The van der Waals surface area contributed by atoms with E-state index in [4.69, 9.17) is 9.47 Å². The number of para-hydroxylation sites is 1. The second kappa shape index (κ2) is 6.00. The zero-order chi connectivity index (χ0) is 16.4. The zero-order valence-electron chi connectivity index (χ0n) is 13.2. The van der Waals surface area contributed by atoms with Crippen molar-refractivity contribution in [3.8, 4) is 11.5 Å². The fourth-order valence-electron chi connectivity index (χ4n) is 2.46. The van der Waals surface area contributed by atoms with E-state index in [1.165, 1.54) is 4.68 Å². The second-order valence-electron chi connectivity index (χ2n) is 5.01. The van der Waals surface area contributed by atoms with Gasteiger partial charge in [-0.25, -0.2) is 4.79 Å². The van der Waals surface area contributed by atoms with Crippen molar-refractivity contribution in [1.82, 2.24) is 9.78 Å². The van der Waals surface area contributed by atoms with Gasteiger partial charge in [-0.15, -0.1) is 0 Å². The highest BCUT2D eigenvalue weighted by Gasteiger charge is 2.15. The molecule has 118 valence electrons. The van der Waals surface area contributed by atoms with Gasteiger partial charge in [0.1, 0.15) is 11.5 Å². The number of methoxy groups -OCH3 is 2. The Balaban J connectivity index is 1.98. The summed E-state index contributed by atoms with van der Waals surface area (Å²) < 4.78 is 11.8. The minimum atomic E-state index is -0.360. The van der Waals surface area contributed by atoms with Crippen molar-refractivity contribution >= 4 is 22.6 Å². The Bertz CT molecular complexity index is 871. The number of nitrogens with one attached hydrogen (secondary N) is 1. The van der Waals surface area contributed by atoms with E-state index in [1.54, 1.807) is 32.4 Å². The average molecular weight is 311 g/mol. The van der Waals surface area contributed by atoms with Crippen LogP contribution in [0.25, 0.3) is 10.9 Å². The summed E-state index contributed by atoms with van der Waals surface area (Å²) >= 11 is 0. The van der Waals surface area contributed by atoms with Crippen molar-refractivity contribution in [1.29, 1.82) is 0 Å². The third kappa shape index (κ3) is 2.70. The maximum absolute atomic E-state index is 12.6. The summed E-state index contributed by atoms with van der Waals surface area (Å²) in [5.74, 6) is 1.18. The molecule has 6 heteroatoms. The number of carbonyl (C=O) groups excluding carboxylic acids is 1. The van der Waals surface area contributed by atoms with E-state index in [1.807, 2.05) is 31.2 Å². The molecule has 1 amide bonds. The smallest absolute Gasteiger partial charge is 0.347 e. The molecule has 0 spiro atoms. The van der Waals surface area contributed by atoms with Crippen LogP contribution in [0.2, 0.25) is 0 Å². The van der Waals surface area contributed by atoms with Crippen molar-refractivity contribution in [2.24, 2.45) is 0 Å². The number of aromatic nitrogens is 2. The number of ether oxygens (including phenoxy) is 2. The summed E-state index contributed by atoms with van der Waals surface area (Å²) in [5.41, 5.74) is 2.08. The fourth-order valence-corrected chi connectivity index (χ4v) is 2.46. The van der Waals surface area contributed by atoms with Gasteiger partial charge in [0, 0.05) is 11.5 Å². The van der Waals surface area contributed by atoms with Crippen LogP contribution in [-0.4, -0.2) is 30.0 Å². The Morgan fingerprint density at radius 2 is 1.91 bits per heavy atom. The molecule has 0 aliphatic heterocycles. The Labute approximate surface area is 133 Å². The lowest BCUT2D eigenvalue weighted by molar-refractivity contribution is 0.251. The Kier molecular flexibility index (Phi) is 3.89. The molecule has 3 rings (SSSR count). The van der Waals surface area contributed by atoms with Crippen LogP contribution in [0.5, 0.6) is 11.5 Å². The maximum Gasteiger partial charge on any atom is 0.347 e. The largest absolute Gasteiger partial charge is 0.497 e. The summed E-state index contributed by atoms with van der Waals surface area (Å²) in [6.07, 6.45) is 0. The van der Waals surface area contributed by atoms with Gasteiger partial charge in [-0.1, -0.05) is 18.2 Å². The molecule has 1 aromatic heterocycles. The Hall–Kier alpha value is -3.02. The standard InChI is InChI=1S/C17H17N3O3/c1-11-13-6-4-5-7-15(13)20(19-11)17(21)18-14-10-12(22-2)8-9-16(14)23-3/h4-10H,1-3H3,(H,18,21). The number of benzene rings is 2. The summed E-state index contributed by atoms with van der Waals surface area (Å²) in [5, 5.41) is 8.08. The van der Waals surface area contributed by atoms with Crippen molar-refractivity contribution in [2.45, 2.75) is 6.92 Å². The minimum Gasteiger partial charge on any atom is -0.497 e. The molecule has 2 aromatic carbocycles. The first kappa shape index (κ1) is 14.9. The van der Waals surface area contributed by atoms with Crippen LogP contribution in [0.1, 0.15) is 5.69 Å². The van der Waals surface area contributed by atoms with Gasteiger partial charge in [-0.2, -0.15) is 9.78 Å². The molecule has 0 saturated carbocycles. The molecule has 1 heterocycles. The van der Waals surface area contributed by atoms with Crippen molar-refractivity contribution in [2.75, 3.05) is 19.5 Å². The van der Waals surface area contributed by atoms with E-state index in [0.717, 1.165) is 16.6 Å². The first-order chi connectivity index (χ1) is 11.1. The Morgan fingerprint density at radius 3 is 2.65 bits per heavy atom. The highest BCUT2D eigenvalue weighted by atomic mass is 16.5. The SMILES string of the molecule is COc1ccc(OC)c(NC(=O)n2nc(C)c3ccccc32)c1. The first-order valence-corrected chi connectivity index (χ1v) is 7.12. The number of amides is 1. The summed E-state index contributed by atoms with van der Waals surface area (Å²) in [6, 6.07) is 12.4. The second-order valence-corrected chi connectivity index (χ2v) is 5.01. The molecule has 3 aromatic rings. The fraction of sp³-hybridized carbons (Fsp3) is 0.176. The third-order valence-electron chi connectivity index (χ3n) is 3.61. The summed E-state index contributed by atoms with van der Waals surface area (Å²) in [7, 11) is 3.11. The van der Waals surface area contributed by atoms with Gasteiger partial charge in [-0.05, 0) is 25.1 Å². The number of hydrogen-bond acceptors (Lipinski definition) is 4. The van der Waals surface area contributed by atoms with E-state index in [9.17, 15) is 4.79 Å². The first-order valence-electron chi connectivity index (χ1n) is 7.12. The minimum absolute atomic E-state index is 0.360. The molecule has 0 aliphatic carbocycles. The zero-order valence-corrected chi connectivity index (χ0v) is 13.2. The van der Waals surface area contributed by atoms with Gasteiger partial charge in [0.25, 0.3) is 0 Å². The highest BCUT2D eigenvalue weighted by Crippen LogP contribution is 2.29. The van der Waals surface area contributed by atoms with Crippen LogP contribution in [0.4, 0.5) is 10.5 Å². The average Bonchev–Trinajstić information content (AvgIpc) is 2.92. The lowest BCUT2D eigenvalue weighted by atomic mass is 10.2. The number of aryl methyl sites for hydroxylation is 1. The van der Waals surface area contributed by atoms with Crippen LogP contribution >= 0.6 is 0 Å². The number of rotatable bonds is 3. The molecule has 0 fully saturated rings. The number of hydrogen-bond donors (Lipinski definition) is 1. The van der Waals surface area contributed by atoms with Gasteiger partial charge in [0.15, 0.2) is 0 Å². The highest BCUT2D eigenvalue weighted by molar-refractivity contribution is 5.98. The maximum atomic E-state index is 12.6. The van der Waals surface area contributed by atoms with Crippen LogP contribution in [-0.2, 0) is 0 Å². The number of nitrogens with zero attached hydrogens (tertiary/aromatic N) is 2. The third-order valence-corrected chi connectivity index (χ3v) is 3.61. The van der Waals surface area contributed by atoms with Crippen LogP contribution in [0.3, 0.4) is 0 Å². The normalized spacial score (nSPS) is 10.6. The molecule has 0 bridgehead atoms. The molecule has 0 radical (unpaired) electrons. The van der Waals surface area contributed by atoms with Crippen LogP contribution in [0.15, 0.2) is 42.5 Å². The van der Waals surface area contributed by atoms with E-state index >= 15 is 0 Å². The molecule has 0 saturated heterocycles. The lowest BCUT2D eigenvalue weighted by Crippen LogP contribution is -2.21. The van der Waals surface area contributed by atoms with E-state index < -0.39 is 0 Å². The predicted octanol–water partition coefficient (Wildman–Crippen LogP) is 3.44. The van der Waals surface area contributed by atoms with E-state index in [-0.39, 0.29) is 6.03 Å².